The number of rotatable bonds is 5. The average Bonchev–Trinajstić information content (AvgIpc) is 2.64. The first-order valence-corrected chi connectivity index (χ1v) is 7.91. The second-order valence-corrected chi connectivity index (χ2v) is 5.63. The molecule has 2 N–H and O–H groups in total. The monoisotopic (exact) mass is 354 g/mol. The van der Waals surface area contributed by atoms with Crippen LogP contribution in [0.15, 0.2) is 54.7 Å². The predicted molar refractivity (Wildman–Crippen MR) is 94.8 cm³/mol. The van der Waals surface area contributed by atoms with Crippen LogP contribution < -0.4 is 10.6 Å². The third-order valence-corrected chi connectivity index (χ3v) is 3.76. The molecule has 0 aliphatic heterocycles. The van der Waals surface area contributed by atoms with Crippen LogP contribution in [-0.4, -0.2) is 15.9 Å². The number of aromatic nitrogens is 2. The lowest BCUT2D eigenvalue weighted by Gasteiger charge is -2.09. The molecule has 0 radical (unpaired) electrons. The largest absolute Gasteiger partial charge is 0.350 e. The normalized spacial score (nSPS) is 10.4. The van der Waals surface area contributed by atoms with E-state index in [1.165, 1.54) is 18.3 Å². The summed E-state index contributed by atoms with van der Waals surface area (Å²) in [6.07, 6.45) is 1.45. The Labute approximate surface area is 149 Å². The van der Waals surface area contributed by atoms with Gasteiger partial charge in [0, 0.05) is 24.5 Å². The van der Waals surface area contributed by atoms with Gasteiger partial charge in [-0.05, 0) is 36.2 Å². The van der Waals surface area contributed by atoms with Gasteiger partial charge < -0.3 is 10.6 Å². The molecule has 0 spiro atoms. The van der Waals surface area contributed by atoms with E-state index in [0.29, 0.717) is 12.5 Å². The van der Waals surface area contributed by atoms with Crippen LogP contribution in [0, 0.1) is 18.6 Å². The summed E-state index contributed by atoms with van der Waals surface area (Å²) >= 11 is 0. The Bertz CT molecular complexity index is 946. The number of anilines is 2. The van der Waals surface area contributed by atoms with Gasteiger partial charge in [-0.3, -0.25) is 4.79 Å². The van der Waals surface area contributed by atoms with Crippen molar-refractivity contribution >= 4 is 17.5 Å². The highest BCUT2D eigenvalue weighted by atomic mass is 19.2. The Hall–Kier alpha value is -3.35. The summed E-state index contributed by atoms with van der Waals surface area (Å²) in [4.78, 5) is 20.5. The van der Waals surface area contributed by atoms with E-state index in [1.54, 1.807) is 0 Å². The van der Waals surface area contributed by atoms with Crippen LogP contribution in [0.2, 0.25) is 0 Å². The molecular weight excluding hydrogens is 338 g/mol. The SMILES string of the molecule is Cc1ccccc1CNc1nccc(C(=O)Nc2ccc(F)c(F)c2)n1. The molecule has 3 rings (SSSR count). The van der Waals surface area contributed by atoms with Crippen LogP contribution >= 0.6 is 0 Å². The maximum absolute atomic E-state index is 13.2. The number of amides is 1. The zero-order chi connectivity index (χ0) is 18.5. The van der Waals surface area contributed by atoms with Gasteiger partial charge in [-0.1, -0.05) is 24.3 Å². The van der Waals surface area contributed by atoms with Crippen molar-refractivity contribution in [2.75, 3.05) is 10.6 Å². The minimum Gasteiger partial charge on any atom is -0.350 e. The van der Waals surface area contributed by atoms with Gasteiger partial charge in [-0.2, -0.15) is 0 Å². The number of aryl methyl sites for hydroxylation is 1. The first-order valence-electron chi connectivity index (χ1n) is 7.91. The number of halogens is 2. The van der Waals surface area contributed by atoms with Crippen molar-refractivity contribution in [1.29, 1.82) is 0 Å². The van der Waals surface area contributed by atoms with Gasteiger partial charge in [0.05, 0.1) is 0 Å². The number of hydrogen-bond donors (Lipinski definition) is 2. The van der Waals surface area contributed by atoms with E-state index < -0.39 is 17.5 Å². The summed E-state index contributed by atoms with van der Waals surface area (Å²) < 4.78 is 26.2. The fourth-order valence-electron chi connectivity index (χ4n) is 2.32. The number of carbonyl (C=O) groups is 1. The highest BCUT2D eigenvalue weighted by molar-refractivity contribution is 6.02. The lowest BCUT2D eigenvalue weighted by atomic mass is 10.1. The van der Waals surface area contributed by atoms with Crippen molar-refractivity contribution in [2.45, 2.75) is 13.5 Å². The summed E-state index contributed by atoms with van der Waals surface area (Å²) in [5, 5.41) is 5.54. The zero-order valence-corrected chi connectivity index (χ0v) is 14.0. The van der Waals surface area contributed by atoms with Gasteiger partial charge in [-0.25, -0.2) is 18.7 Å². The molecule has 0 unspecified atom stereocenters. The number of benzene rings is 2. The average molecular weight is 354 g/mol. The van der Waals surface area contributed by atoms with Gasteiger partial charge in [0.25, 0.3) is 5.91 Å². The Morgan fingerprint density at radius 1 is 1.08 bits per heavy atom. The van der Waals surface area contributed by atoms with Crippen molar-refractivity contribution in [3.05, 3.63) is 83.2 Å². The molecule has 0 fully saturated rings. The first-order chi connectivity index (χ1) is 12.5. The molecule has 5 nitrogen and oxygen atoms in total. The van der Waals surface area contributed by atoms with Crippen LogP contribution in [0.1, 0.15) is 21.6 Å². The molecule has 26 heavy (non-hydrogen) atoms. The minimum atomic E-state index is -1.04. The molecule has 2 aromatic carbocycles. The Kier molecular flexibility index (Phi) is 5.17. The van der Waals surface area contributed by atoms with E-state index in [0.717, 1.165) is 23.3 Å². The van der Waals surface area contributed by atoms with Crippen LogP contribution in [0.5, 0.6) is 0 Å². The molecule has 1 heterocycles. The second-order valence-electron chi connectivity index (χ2n) is 5.63. The number of nitrogens with zero attached hydrogens (tertiary/aromatic N) is 2. The molecule has 0 saturated heterocycles. The number of hydrogen-bond acceptors (Lipinski definition) is 4. The van der Waals surface area contributed by atoms with Crippen LogP contribution in [0.3, 0.4) is 0 Å². The van der Waals surface area contributed by atoms with E-state index in [4.69, 9.17) is 0 Å². The van der Waals surface area contributed by atoms with Crippen molar-refractivity contribution in [3.8, 4) is 0 Å². The number of carbonyl (C=O) groups excluding carboxylic acids is 1. The third kappa shape index (κ3) is 4.18. The molecule has 0 bridgehead atoms. The quantitative estimate of drug-likeness (QED) is 0.729. The summed E-state index contributed by atoms with van der Waals surface area (Å²) in [6.45, 7) is 2.52. The molecule has 0 aliphatic carbocycles. The molecule has 0 aliphatic rings. The fraction of sp³-hybridized carbons (Fsp3) is 0.105. The Balaban J connectivity index is 1.69. The van der Waals surface area contributed by atoms with E-state index >= 15 is 0 Å². The second kappa shape index (κ2) is 7.69. The summed E-state index contributed by atoms with van der Waals surface area (Å²) in [5.74, 6) is -2.26. The summed E-state index contributed by atoms with van der Waals surface area (Å²) in [7, 11) is 0. The van der Waals surface area contributed by atoms with Crippen LogP contribution in [0.25, 0.3) is 0 Å². The van der Waals surface area contributed by atoms with E-state index in [-0.39, 0.29) is 11.4 Å². The lowest BCUT2D eigenvalue weighted by Crippen LogP contribution is -2.15. The van der Waals surface area contributed by atoms with Gasteiger partial charge in [0.2, 0.25) is 5.95 Å². The maximum Gasteiger partial charge on any atom is 0.274 e. The van der Waals surface area contributed by atoms with Crippen molar-refractivity contribution < 1.29 is 13.6 Å². The van der Waals surface area contributed by atoms with Gasteiger partial charge in [0.15, 0.2) is 11.6 Å². The van der Waals surface area contributed by atoms with Crippen molar-refractivity contribution in [3.63, 3.8) is 0 Å². The van der Waals surface area contributed by atoms with Crippen molar-refractivity contribution in [2.24, 2.45) is 0 Å². The fourth-order valence-corrected chi connectivity index (χ4v) is 2.32. The summed E-state index contributed by atoms with van der Waals surface area (Å²) in [5.41, 5.74) is 2.47. The molecular formula is C19H16F2N4O. The standard InChI is InChI=1S/C19H16F2N4O/c1-12-4-2-3-5-13(12)11-23-19-22-9-8-17(25-19)18(26)24-14-6-7-15(20)16(21)10-14/h2-10H,11H2,1H3,(H,24,26)(H,22,23,25). The topological polar surface area (TPSA) is 66.9 Å². The molecule has 1 amide bonds. The predicted octanol–water partition coefficient (Wildman–Crippen LogP) is 3.93. The molecule has 0 saturated carbocycles. The first kappa shape index (κ1) is 17.5. The summed E-state index contributed by atoms with van der Waals surface area (Å²) in [6, 6.07) is 12.5. The molecule has 1 aromatic heterocycles. The van der Waals surface area contributed by atoms with E-state index in [1.807, 2.05) is 31.2 Å². The smallest absolute Gasteiger partial charge is 0.274 e. The third-order valence-electron chi connectivity index (χ3n) is 3.76. The maximum atomic E-state index is 13.2. The Morgan fingerprint density at radius 2 is 1.88 bits per heavy atom. The molecule has 3 aromatic rings. The minimum absolute atomic E-state index is 0.108. The van der Waals surface area contributed by atoms with Crippen LogP contribution in [0.4, 0.5) is 20.4 Å². The van der Waals surface area contributed by atoms with Crippen LogP contribution in [-0.2, 0) is 6.54 Å². The van der Waals surface area contributed by atoms with E-state index in [9.17, 15) is 13.6 Å². The van der Waals surface area contributed by atoms with Gasteiger partial charge >= 0.3 is 0 Å². The molecule has 132 valence electrons. The Morgan fingerprint density at radius 3 is 2.65 bits per heavy atom. The molecule has 0 atom stereocenters. The van der Waals surface area contributed by atoms with E-state index in [2.05, 4.69) is 20.6 Å². The zero-order valence-electron chi connectivity index (χ0n) is 14.0. The van der Waals surface area contributed by atoms with Crippen molar-refractivity contribution in [1.82, 2.24) is 9.97 Å². The number of nitrogens with one attached hydrogen (secondary N) is 2. The van der Waals surface area contributed by atoms with Gasteiger partial charge in [-0.15, -0.1) is 0 Å². The lowest BCUT2D eigenvalue weighted by molar-refractivity contribution is 0.102. The highest BCUT2D eigenvalue weighted by Crippen LogP contribution is 2.14. The highest BCUT2D eigenvalue weighted by Gasteiger charge is 2.11. The molecule has 7 heteroatoms. The van der Waals surface area contributed by atoms with Gasteiger partial charge in [0.1, 0.15) is 5.69 Å².